The summed E-state index contributed by atoms with van der Waals surface area (Å²) in [5.74, 6) is 0.00589. The van der Waals surface area contributed by atoms with Crippen molar-refractivity contribution < 1.29 is 9.90 Å². The average Bonchev–Trinajstić information content (AvgIpc) is 2.29. The minimum absolute atomic E-state index is 0.0941. The third-order valence-corrected chi connectivity index (χ3v) is 2.74. The Bertz CT molecular complexity index is 518. The van der Waals surface area contributed by atoms with Crippen molar-refractivity contribution in [1.29, 1.82) is 0 Å². The topological polar surface area (TPSA) is 37.3 Å². The molecule has 0 atom stereocenters. The number of hydrogen-bond donors (Lipinski definition) is 1. The number of ketones is 1. The molecule has 3 heteroatoms. The van der Waals surface area contributed by atoms with Crippen molar-refractivity contribution in [2.75, 3.05) is 0 Å². The van der Waals surface area contributed by atoms with Gasteiger partial charge in [-0.1, -0.05) is 28.1 Å². The van der Waals surface area contributed by atoms with Crippen LogP contribution in [0.5, 0.6) is 5.75 Å². The molecule has 16 heavy (non-hydrogen) atoms. The first-order valence-corrected chi connectivity index (χ1v) is 5.55. The minimum Gasteiger partial charge on any atom is -0.508 e. The number of rotatable bonds is 2. The molecule has 0 spiro atoms. The maximum Gasteiger partial charge on any atom is 0.193 e. The molecule has 0 heterocycles. The summed E-state index contributed by atoms with van der Waals surface area (Å²) in [7, 11) is 0. The normalized spacial score (nSPS) is 10.1. The lowest BCUT2D eigenvalue weighted by molar-refractivity contribution is 0.103. The van der Waals surface area contributed by atoms with Crippen LogP contribution in [0.15, 0.2) is 53.0 Å². The van der Waals surface area contributed by atoms with Crippen LogP contribution in [0.1, 0.15) is 15.9 Å². The molecule has 2 nitrogen and oxygen atoms in total. The molecule has 0 unspecified atom stereocenters. The van der Waals surface area contributed by atoms with E-state index in [2.05, 4.69) is 15.9 Å². The van der Waals surface area contributed by atoms with Crippen LogP contribution in [0.3, 0.4) is 0 Å². The van der Waals surface area contributed by atoms with Crippen molar-refractivity contribution in [2.24, 2.45) is 0 Å². The Morgan fingerprint density at radius 1 is 1.00 bits per heavy atom. The molecular formula is C13H9BrO2. The largest absolute Gasteiger partial charge is 0.508 e. The fourth-order valence-corrected chi connectivity index (χ4v) is 1.68. The van der Waals surface area contributed by atoms with E-state index in [9.17, 15) is 9.90 Å². The quantitative estimate of drug-likeness (QED) is 0.854. The summed E-state index contributed by atoms with van der Waals surface area (Å²) in [6.45, 7) is 0. The molecule has 2 aromatic rings. The van der Waals surface area contributed by atoms with Gasteiger partial charge in [-0.3, -0.25) is 4.79 Å². The van der Waals surface area contributed by atoms with E-state index in [1.807, 2.05) is 12.1 Å². The van der Waals surface area contributed by atoms with Crippen molar-refractivity contribution in [3.8, 4) is 5.75 Å². The second-order valence-electron chi connectivity index (χ2n) is 3.39. The zero-order valence-corrected chi connectivity index (χ0v) is 9.94. The van der Waals surface area contributed by atoms with Crippen LogP contribution in [-0.2, 0) is 0 Å². The van der Waals surface area contributed by atoms with E-state index < -0.39 is 0 Å². The van der Waals surface area contributed by atoms with E-state index in [1.165, 1.54) is 6.07 Å². The number of phenolic OH excluding ortho intramolecular Hbond substituents is 1. The molecule has 1 N–H and O–H groups in total. The summed E-state index contributed by atoms with van der Waals surface area (Å²) in [4.78, 5) is 12.0. The van der Waals surface area contributed by atoms with Gasteiger partial charge < -0.3 is 5.11 Å². The molecule has 0 aliphatic carbocycles. The van der Waals surface area contributed by atoms with Gasteiger partial charge in [0.15, 0.2) is 5.78 Å². The Balaban J connectivity index is 2.35. The van der Waals surface area contributed by atoms with E-state index in [0.29, 0.717) is 11.1 Å². The third-order valence-electron chi connectivity index (χ3n) is 2.21. The van der Waals surface area contributed by atoms with E-state index in [1.54, 1.807) is 30.3 Å². The van der Waals surface area contributed by atoms with Crippen LogP contribution in [0.25, 0.3) is 0 Å². The number of phenols is 1. The molecule has 80 valence electrons. The van der Waals surface area contributed by atoms with Gasteiger partial charge in [-0.25, -0.2) is 0 Å². The molecule has 0 aliphatic heterocycles. The van der Waals surface area contributed by atoms with E-state index in [4.69, 9.17) is 0 Å². The molecule has 0 aromatic heterocycles. The lowest BCUT2D eigenvalue weighted by atomic mass is 10.0. The average molecular weight is 277 g/mol. The highest BCUT2D eigenvalue weighted by molar-refractivity contribution is 9.10. The third kappa shape index (κ3) is 2.31. The minimum atomic E-state index is -0.0941. The first-order valence-electron chi connectivity index (χ1n) is 4.76. The molecule has 0 bridgehead atoms. The first-order chi connectivity index (χ1) is 7.66. The lowest BCUT2D eigenvalue weighted by Gasteiger charge is -2.01. The van der Waals surface area contributed by atoms with Gasteiger partial charge in [0.25, 0.3) is 0 Å². The van der Waals surface area contributed by atoms with Crippen molar-refractivity contribution >= 4 is 21.7 Å². The van der Waals surface area contributed by atoms with Gasteiger partial charge in [-0.05, 0) is 36.4 Å². The molecule has 0 fully saturated rings. The van der Waals surface area contributed by atoms with Crippen LogP contribution in [0.4, 0.5) is 0 Å². The monoisotopic (exact) mass is 276 g/mol. The number of carbonyl (C=O) groups excluding carboxylic acids is 1. The predicted octanol–water partition coefficient (Wildman–Crippen LogP) is 3.39. The molecule has 0 aliphatic rings. The Hall–Kier alpha value is -1.61. The Labute approximate surface area is 102 Å². The van der Waals surface area contributed by atoms with Crippen molar-refractivity contribution in [3.63, 3.8) is 0 Å². The summed E-state index contributed by atoms with van der Waals surface area (Å²) in [5, 5.41) is 9.29. The van der Waals surface area contributed by atoms with Gasteiger partial charge in [0, 0.05) is 15.6 Å². The van der Waals surface area contributed by atoms with Gasteiger partial charge in [0.1, 0.15) is 5.75 Å². The molecule has 0 radical (unpaired) electrons. The lowest BCUT2D eigenvalue weighted by Crippen LogP contribution is -2.00. The fraction of sp³-hybridized carbons (Fsp3) is 0. The van der Waals surface area contributed by atoms with Crippen LogP contribution in [0.2, 0.25) is 0 Å². The van der Waals surface area contributed by atoms with Crippen LogP contribution in [-0.4, -0.2) is 10.9 Å². The highest BCUT2D eigenvalue weighted by atomic mass is 79.9. The second kappa shape index (κ2) is 4.49. The maximum atomic E-state index is 12.0. The Morgan fingerprint density at radius 3 is 2.31 bits per heavy atom. The van der Waals surface area contributed by atoms with Gasteiger partial charge in [0.05, 0.1) is 0 Å². The summed E-state index contributed by atoms with van der Waals surface area (Å²) in [5.41, 5.74) is 1.09. The van der Waals surface area contributed by atoms with E-state index in [0.717, 1.165) is 4.47 Å². The summed E-state index contributed by atoms with van der Waals surface area (Å²) in [6.07, 6.45) is 0. The standard InChI is InChI=1S/C13H9BrO2/c14-11-6-4-9(5-7-11)13(16)10-2-1-3-12(15)8-10/h1-8,15H. The van der Waals surface area contributed by atoms with E-state index in [-0.39, 0.29) is 11.5 Å². The fourth-order valence-electron chi connectivity index (χ4n) is 1.42. The van der Waals surface area contributed by atoms with Crippen LogP contribution in [0, 0.1) is 0 Å². The van der Waals surface area contributed by atoms with Crippen molar-refractivity contribution in [3.05, 3.63) is 64.1 Å². The number of carbonyl (C=O) groups is 1. The molecule has 2 rings (SSSR count). The van der Waals surface area contributed by atoms with Gasteiger partial charge in [-0.15, -0.1) is 0 Å². The zero-order valence-electron chi connectivity index (χ0n) is 8.35. The molecule has 0 saturated carbocycles. The maximum absolute atomic E-state index is 12.0. The Morgan fingerprint density at radius 2 is 1.69 bits per heavy atom. The first kappa shape index (κ1) is 10.9. The SMILES string of the molecule is O=C(c1ccc(Br)cc1)c1cccc(O)c1. The van der Waals surface area contributed by atoms with Crippen LogP contribution < -0.4 is 0 Å². The molecule has 2 aromatic carbocycles. The molecular weight excluding hydrogens is 268 g/mol. The number of hydrogen-bond acceptors (Lipinski definition) is 2. The number of aromatic hydroxyl groups is 1. The molecule has 0 amide bonds. The summed E-state index contributed by atoms with van der Waals surface area (Å²) in [6, 6.07) is 13.5. The predicted molar refractivity (Wildman–Crippen MR) is 65.7 cm³/mol. The van der Waals surface area contributed by atoms with Crippen LogP contribution >= 0.6 is 15.9 Å². The second-order valence-corrected chi connectivity index (χ2v) is 4.30. The summed E-state index contributed by atoms with van der Waals surface area (Å²) < 4.78 is 0.931. The van der Waals surface area contributed by atoms with Crippen molar-refractivity contribution in [1.82, 2.24) is 0 Å². The van der Waals surface area contributed by atoms with Gasteiger partial charge >= 0.3 is 0 Å². The number of halogens is 1. The van der Waals surface area contributed by atoms with E-state index >= 15 is 0 Å². The van der Waals surface area contributed by atoms with Gasteiger partial charge in [-0.2, -0.15) is 0 Å². The smallest absolute Gasteiger partial charge is 0.193 e. The zero-order chi connectivity index (χ0) is 11.5. The molecule has 0 saturated heterocycles. The van der Waals surface area contributed by atoms with Gasteiger partial charge in [0.2, 0.25) is 0 Å². The number of benzene rings is 2. The highest BCUT2D eigenvalue weighted by Gasteiger charge is 2.08. The summed E-state index contributed by atoms with van der Waals surface area (Å²) >= 11 is 3.31. The highest BCUT2D eigenvalue weighted by Crippen LogP contribution is 2.17. The Kier molecular flexibility index (Phi) is 3.06. The van der Waals surface area contributed by atoms with Crippen molar-refractivity contribution in [2.45, 2.75) is 0 Å².